The number of aliphatic hydroxyl groups is 1. The Morgan fingerprint density at radius 2 is 2.36 bits per heavy atom. The van der Waals surface area contributed by atoms with Crippen molar-refractivity contribution in [3.8, 4) is 0 Å². The smallest absolute Gasteiger partial charge is 0.0666 e. The van der Waals surface area contributed by atoms with Gasteiger partial charge in [-0.2, -0.15) is 5.10 Å². The van der Waals surface area contributed by atoms with Crippen LogP contribution in [0.4, 0.5) is 0 Å². The van der Waals surface area contributed by atoms with Crippen molar-refractivity contribution in [1.82, 2.24) is 15.1 Å². The van der Waals surface area contributed by atoms with Crippen LogP contribution in [0.2, 0.25) is 0 Å². The highest BCUT2D eigenvalue weighted by atomic mass is 16.3. The Morgan fingerprint density at radius 1 is 1.64 bits per heavy atom. The molecule has 0 aliphatic rings. The molecule has 0 fully saturated rings. The minimum absolute atomic E-state index is 0.139. The first-order valence-electron chi connectivity index (χ1n) is 5.03. The maximum absolute atomic E-state index is 8.86. The first kappa shape index (κ1) is 11.2. The number of nitrogens with one attached hydrogen (secondary N) is 1. The normalized spacial score (nSPS) is 13.1. The number of aliphatic hydroxyl groups excluding tert-OH is 1. The van der Waals surface area contributed by atoms with Gasteiger partial charge in [0.2, 0.25) is 0 Å². The van der Waals surface area contributed by atoms with Crippen LogP contribution in [-0.4, -0.2) is 27.5 Å². The van der Waals surface area contributed by atoms with Crippen molar-refractivity contribution in [3.05, 3.63) is 17.5 Å². The van der Waals surface area contributed by atoms with Gasteiger partial charge in [-0.15, -0.1) is 0 Å². The van der Waals surface area contributed by atoms with E-state index in [1.165, 1.54) is 5.56 Å². The molecule has 1 aromatic rings. The maximum Gasteiger partial charge on any atom is 0.0666 e. The largest absolute Gasteiger partial charge is 0.395 e. The topological polar surface area (TPSA) is 50.1 Å². The monoisotopic (exact) mass is 197 g/mol. The zero-order valence-corrected chi connectivity index (χ0v) is 9.12. The van der Waals surface area contributed by atoms with Gasteiger partial charge in [0.15, 0.2) is 0 Å². The first-order valence-corrected chi connectivity index (χ1v) is 5.03. The third-order valence-electron chi connectivity index (χ3n) is 2.24. The summed E-state index contributed by atoms with van der Waals surface area (Å²) in [5.74, 6) is 0. The summed E-state index contributed by atoms with van der Waals surface area (Å²) in [5, 5.41) is 16.4. The molecule has 14 heavy (non-hydrogen) atoms. The number of nitrogens with zero attached hydrogens (tertiary/aromatic N) is 2. The van der Waals surface area contributed by atoms with Crippen molar-refractivity contribution in [3.63, 3.8) is 0 Å². The average molecular weight is 197 g/mol. The summed E-state index contributed by atoms with van der Waals surface area (Å²) in [4.78, 5) is 0. The molecule has 0 aliphatic heterocycles. The van der Waals surface area contributed by atoms with E-state index in [9.17, 15) is 0 Å². The molecule has 4 nitrogen and oxygen atoms in total. The number of hydrogen-bond donors (Lipinski definition) is 2. The summed E-state index contributed by atoms with van der Waals surface area (Å²) >= 11 is 0. The molecule has 1 heterocycles. The van der Waals surface area contributed by atoms with Crippen LogP contribution in [0, 0.1) is 0 Å². The van der Waals surface area contributed by atoms with Gasteiger partial charge in [-0.3, -0.25) is 4.68 Å². The summed E-state index contributed by atoms with van der Waals surface area (Å²) in [6.45, 7) is 5.00. The van der Waals surface area contributed by atoms with Gasteiger partial charge in [-0.25, -0.2) is 0 Å². The fourth-order valence-electron chi connectivity index (χ4n) is 1.38. The Kier molecular flexibility index (Phi) is 4.10. The molecule has 0 spiro atoms. The van der Waals surface area contributed by atoms with E-state index in [0.29, 0.717) is 0 Å². The Labute approximate surface area is 84.9 Å². The van der Waals surface area contributed by atoms with Crippen molar-refractivity contribution in [2.24, 2.45) is 7.05 Å². The van der Waals surface area contributed by atoms with Gasteiger partial charge in [0, 0.05) is 31.4 Å². The Morgan fingerprint density at radius 3 is 2.93 bits per heavy atom. The van der Waals surface area contributed by atoms with Crippen molar-refractivity contribution < 1.29 is 5.11 Å². The zero-order chi connectivity index (χ0) is 10.6. The molecule has 0 saturated carbocycles. The quantitative estimate of drug-likeness (QED) is 0.720. The second kappa shape index (κ2) is 5.12. The molecule has 0 radical (unpaired) electrons. The number of rotatable bonds is 5. The van der Waals surface area contributed by atoms with Crippen molar-refractivity contribution in [2.75, 3.05) is 6.61 Å². The molecule has 0 bridgehead atoms. The Bertz CT molecular complexity index is 283. The zero-order valence-electron chi connectivity index (χ0n) is 9.12. The summed E-state index contributed by atoms with van der Waals surface area (Å²) in [6.07, 6.45) is 2.97. The van der Waals surface area contributed by atoms with E-state index in [-0.39, 0.29) is 12.6 Å². The molecule has 4 heteroatoms. The molecule has 0 aromatic carbocycles. The van der Waals surface area contributed by atoms with Gasteiger partial charge in [-0.05, 0) is 13.3 Å². The lowest BCUT2D eigenvalue weighted by atomic mass is 10.2. The van der Waals surface area contributed by atoms with Crippen LogP contribution in [-0.2, 0) is 20.0 Å². The van der Waals surface area contributed by atoms with E-state index >= 15 is 0 Å². The highest BCUT2D eigenvalue weighted by Gasteiger charge is 2.06. The summed E-state index contributed by atoms with van der Waals surface area (Å²) in [6, 6.07) is 0.139. The molecular weight excluding hydrogens is 178 g/mol. The van der Waals surface area contributed by atoms with Crippen LogP contribution in [0.25, 0.3) is 0 Å². The molecular formula is C10H19N3O. The van der Waals surface area contributed by atoms with E-state index in [1.54, 1.807) is 0 Å². The van der Waals surface area contributed by atoms with E-state index in [2.05, 4.69) is 17.3 Å². The van der Waals surface area contributed by atoms with Gasteiger partial charge in [0.1, 0.15) is 0 Å². The van der Waals surface area contributed by atoms with E-state index in [0.717, 1.165) is 18.7 Å². The molecule has 1 atom stereocenters. The standard InChI is InChI=1S/C10H19N3O/c1-4-10-9(6-13(3)12-10)5-11-8(2)7-14/h6,8,11,14H,4-5,7H2,1-3H3. The molecule has 1 rings (SSSR count). The van der Waals surface area contributed by atoms with Crippen LogP contribution in [0.3, 0.4) is 0 Å². The highest BCUT2D eigenvalue weighted by Crippen LogP contribution is 2.06. The lowest BCUT2D eigenvalue weighted by Crippen LogP contribution is -2.28. The second-order valence-corrected chi connectivity index (χ2v) is 3.59. The van der Waals surface area contributed by atoms with Gasteiger partial charge in [0.05, 0.1) is 12.3 Å². The molecule has 1 unspecified atom stereocenters. The Balaban J connectivity index is 2.57. The summed E-state index contributed by atoms with van der Waals surface area (Å²) in [5.41, 5.74) is 2.35. The van der Waals surface area contributed by atoms with Gasteiger partial charge in [-0.1, -0.05) is 6.92 Å². The molecule has 1 aromatic heterocycles. The SMILES string of the molecule is CCc1nn(C)cc1CNC(C)CO. The molecule has 0 saturated heterocycles. The third kappa shape index (κ3) is 2.82. The number of aryl methyl sites for hydroxylation is 2. The van der Waals surface area contributed by atoms with Crippen LogP contribution >= 0.6 is 0 Å². The van der Waals surface area contributed by atoms with Crippen LogP contribution in [0.15, 0.2) is 6.20 Å². The van der Waals surface area contributed by atoms with E-state index in [4.69, 9.17) is 5.11 Å². The third-order valence-corrected chi connectivity index (χ3v) is 2.24. The molecule has 2 N–H and O–H groups in total. The van der Waals surface area contributed by atoms with Gasteiger partial charge >= 0.3 is 0 Å². The average Bonchev–Trinajstić information content (AvgIpc) is 2.55. The first-order chi connectivity index (χ1) is 6.67. The minimum atomic E-state index is 0.139. The van der Waals surface area contributed by atoms with Gasteiger partial charge < -0.3 is 10.4 Å². The highest BCUT2D eigenvalue weighted by molar-refractivity contribution is 5.16. The lowest BCUT2D eigenvalue weighted by Gasteiger charge is -2.09. The van der Waals surface area contributed by atoms with Crippen molar-refractivity contribution in [2.45, 2.75) is 32.9 Å². The van der Waals surface area contributed by atoms with Crippen LogP contribution in [0.1, 0.15) is 25.1 Å². The van der Waals surface area contributed by atoms with Crippen LogP contribution in [0.5, 0.6) is 0 Å². The lowest BCUT2D eigenvalue weighted by molar-refractivity contribution is 0.251. The Hall–Kier alpha value is -0.870. The molecule has 0 aliphatic carbocycles. The fourth-order valence-corrected chi connectivity index (χ4v) is 1.38. The predicted molar refractivity (Wildman–Crippen MR) is 56.0 cm³/mol. The van der Waals surface area contributed by atoms with Crippen molar-refractivity contribution in [1.29, 1.82) is 0 Å². The van der Waals surface area contributed by atoms with Crippen LogP contribution < -0.4 is 5.32 Å². The predicted octanol–water partition coefficient (Wildman–Crippen LogP) is 0.453. The molecule has 80 valence electrons. The van der Waals surface area contributed by atoms with Gasteiger partial charge in [0.25, 0.3) is 0 Å². The second-order valence-electron chi connectivity index (χ2n) is 3.59. The minimum Gasteiger partial charge on any atom is -0.395 e. The van der Waals surface area contributed by atoms with E-state index in [1.807, 2.05) is 24.9 Å². The van der Waals surface area contributed by atoms with E-state index < -0.39 is 0 Å². The maximum atomic E-state index is 8.86. The summed E-state index contributed by atoms with van der Waals surface area (Å²) < 4.78 is 1.83. The number of hydrogen-bond acceptors (Lipinski definition) is 3. The number of aromatic nitrogens is 2. The molecule has 0 amide bonds. The van der Waals surface area contributed by atoms with Crippen molar-refractivity contribution >= 4 is 0 Å². The summed E-state index contributed by atoms with van der Waals surface area (Å²) in [7, 11) is 1.93. The fraction of sp³-hybridized carbons (Fsp3) is 0.700.